The normalized spacial score (nSPS) is 16.1. The van der Waals surface area contributed by atoms with E-state index in [1.807, 2.05) is 18.0 Å². The van der Waals surface area contributed by atoms with Crippen molar-refractivity contribution in [2.24, 2.45) is 0 Å². The molecular weight excluding hydrogens is 240 g/mol. The molecule has 0 atom stereocenters. The Morgan fingerprint density at radius 1 is 1.26 bits per heavy atom. The minimum Gasteiger partial charge on any atom is -0.480 e. The van der Waals surface area contributed by atoms with Crippen molar-refractivity contribution in [3.63, 3.8) is 0 Å². The number of rotatable bonds is 6. The van der Waals surface area contributed by atoms with Crippen LogP contribution in [0.3, 0.4) is 0 Å². The van der Waals surface area contributed by atoms with Crippen LogP contribution in [0.2, 0.25) is 0 Å². The van der Waals surface area contributed by atoms with E-state index in [1.54, 1.807) is 0 Å². The first-order valence-corrected chi connectivity index (χ1v) is 6.84. The lowest BCUT2D eigenvalue weighted by molar-refractivity contribution is -0.138. The Balaban J connectivity index is 2.00. The summed E-state index contributed by atoms with van der Waals surface area (Å²) in [5.41, 5.74) is 2.56. The van der Waals surface area contributed by atoms with Crippen molar-refractivity contribution in [1.29, 1.82) is 0 Å². The highest BCUT2D eigenvalue weighted by molar-refractivity contribution is 5.69. The quantitative estimate of drug-likeness (QED) is 0.849. The van der Waals surface area contributed by atoms with Crippen LogP contribution in [0.15, 0.2) is 24.3 Å². The molecule has 0 amide bonds. The van der Waals surface area contributed by atoms with Crippen LogP contribution in [0.5, 0.6) is 0 Å². The van der Waals surface area contributed by atoms with E-state index in [0.29, 0.717) is 6.54 Å². The molecule has 0 bridgehead atoms. The van der Waals surface area contributed by atoms with Crippen LogP contribution in [0, 0.1) is 0 Å². The Morgan fingerprint density at radius 3 is 2.53 bits per heavy atom. The third kappa shape index (κ3) is 4.33. The molecule has 0 radical (unpaired) electrons. The zero-order valence-corrected chi connectivity index (χ0v) is 11.5. The average Bonchev–Trinajstić information content (AvgIpc) is 2.83. The Kier molecular flexibility index (Phi) is 4.93. The summed E-state index contributed by atoms with van der Waals surface area (Å²) in [6, 6.07) is 8.34. The average molecular weight is 262 g/mol. The van der Waals surface area contributed by atoms with Crippen LogP contribution < -0.4 is 0 Å². The molecule has 1 N–H and O–H groups in total. The van der Waals surface area contributed by atoms with Crippen molar-refractivity contribution in [3.05, 3.63) is 35.4 Å². The number of carboxylic acid groups (broad SMARTS) is 1. The lowest BCUT2D eigenvalue weighted by atomic mass is 10.1. The number of aliphatic carboxylic acids is 1. The first-order chi connectivity index (χ1) is 9.15. The minimum absolute atomic E-state index is 0.0814. The third-order valence-electron chi connectivity index (χ3n) is 3.56. The van der Waals surface area contributed by atoms with Crippen LogP contribution in [-0.2, 0) is 17.9 Å². The third-order valence-corrected chi connectivity index (χ3v) is 3.56. The van der Waals surface area contributed by atoms with Crippen molar-refractivity contribution in [1.82, 2.24) is 9.80 Å². The second-order valence-corrected chi connectivity index (χ2v) is 5.32. The highest BCUT2D eigenvalue weighted by atomic mass is 16.4. The number of benzene rings is 1. The van der Waals surface area contributed by atoms with Gasteiger partial charge in [0.25, 0.3) is 0 Å². The molecule has 1 aliphatic heterocycles. The van der Waals surface area contributed by atoms with E-state index in [1.165, 1.54) is 37.1 Å². The topological polar surface area (TPSA) is 43.8 Å². The lowest BCUT2D eigenvalue weighted by Crippen LogP contribution is -2.26. The number of likely N-dealkylation sites (tertiary alicyclic amines) is 1. The summed E-state index contributed by atoms with van der Waals surface area (Å²) in [6.07, 6.45) is 2.59. The molecular formula is C15H22N2O2. The van der Waals surface area contributed by atoms with Gasteiger partial charge < -0.3 is 5.11 Å². The number of hydrogen-bond donors (Lipinski definition) is 1. The van der Waals surface area contributed by atoms with Crippen molar-refractivity contribution >= 4 is 5.97 Å². The van der Waals surface area contributed by atoms with E-state index in [-0.39, 0.29) is 6.54 Å². The van der Waals surface area contributed by atoms with E-state index in [4.69, 9.17) is 5.11 Å². The minimum atomic E-state index is -0.778. The number of likely N-dealkylation sites (N-methyl/N-ethyl adjacent to an activating group) is 1. The van der Waals surface area contributed by atoms with Gasteiger partial charge in [0.15, 0.2) is 0 Å². The number of carbonyl (C=O) groups is 1. The van der Waals surface area contributed by atoms with Gasteiger partial charge in [-0.25, -0.2) is 0 Å². The summed E-state index contributed by atoms with van der Waals surface area (Å²) in [4.78, 5) is 15.0. The van der Waals surface area contributed by atoms with E-state index >= 15 is 0 Å². The van der Waals surface area contributed by atoms with Crippen molar-refractivity contribution in [2.45, 2.75) is 25.9 Å². The fourth-order valence-electron chi connectivity index (χ4n) is 2.63. The van der Waals surface area contributed by atoms with Crippen LogP contribution in [0.25, 0.3) is 0 Å². The first kappa shape index (κ1) is 14.0. The van der Waals surface area contributed by atoms with E-state index in [2.05, 4.69) is 23.1 Å². The van der Waals surface area contributed by atoms with Gasteiger partial charge >= 0.3 is 5.97 Å². The Bertz CT molecular complexity index is 428. The van der Waals surface area contributed by atoms with Gasteiger partial charge in [-0.2, -0.15) is 0 Å². The largest absolute Gasteiger partial charge is 0.480 e. The van der Waals surface area contributed by atoms with Crippen molar-refractivity contribution < 1.29 is 9.90 Å². The summed E-state index contributed by atoms with van der Waals surface area (Å²) in [7, 11) is 1.85. The smallest absolute Gasteiger partial charge is 0.317 e. The van der Waals surface area contributed by atoms with Crippen molar-refractivity contribution in [2.75, 3.05) is 26.7 Å². The molecule has 1 aliphatic rings. The number of hydrogen-bond acceptors (Lipinski definition) is 3. The summed E-state index contributed by atoms with van der Waals surface area (Å²) in [5, 5.41) is 8.81. The van der Waals surface area contributed by atoms with Crippen LogP contribution >= 0.6 is 0 Å². The SMILES string of the molecule is CN(CC(=O)O)Cc1ccccc1CN1CCCC1. The van der Waals surface area contributed by atoms with Gasteiger partial charge in [-0.15, -0.1) is 0 Å². The fraction of sp³-hybridized carbons (Fsp3) is 0.533. The van der Waals surface area contributed by atoms with E-state index in [0.717, 1.165) is 6.54 Å². The molecule has 1 heterocycles. The highest BCUT2D eigenvalue weighted by Crippen LogP contribution is 2.17. The predicted molar refractivity (Wildman–Crippen MR) is 74.9 cm³/mol. The molecule has 1 aromatic carbocycles. The molecule has 0 unspecified atom stereocenters. The molecule has 2 rings (SSSR count). The molecule has 1 saturated heterocycles. The maximum atomic E-state index is 10.7. The predicted octanol–water partition coefficient (Wildman–Crippen LogP) is 1.80. The first-order valence-electron chi connectivity index (χ1n) is 6.84. The zero-order valence-electron chi connectivity index (χ0n) is 11.5. The summed E-state index contributed by atoms with van der Waals surface area (Å²) in [5.74, 6) is -0.778. The van der Waals surface area contributed by atoms with Gasteiger partial charge in [-0.05, 0) is 44.1 Å². The van der Waals surface area contributed by atoms with E-state index in [9.17, 15) is 4.79 Å². The Hall–Kier alpha value is -1.39. The van der Waals surface area contributed by atoms with Crippen LogP contribution in [-0.4, -0.2) is 47.6 Å². The van der Waals surface area contributed by atoms with Gasteiger partial charge in [-0.3, -0.25) is 14.6 Å². The molecule has 0 aromatic heterocycles. The molecule has 1 aromatic rings. The van der Waals surface area contributed by atoms with Crippen molar-refractivity contribution in [3.8, 4) is 0 Å². The second-order valence-electron chi connectivity index (χ2n) is 5.32. The Labute approximate surface area is 114 Å². The molecule has 4 heteroatoms. The number of nitrogens with zero attached hydrogens (tertiary/aromatic N) is 2. The molecule has 19 heavy (non-hydrogen) atoms. The lowest BCUT2D eigenvalue weighted by Gasteiger charge is -2.20. The molecule has 0 saturated carbocycles. The molecule has 0 spiro atoms. The Morgan fingerprint density at radius 2 is 1.89 bits per heavy atom. The molecule has 4 nitrogen and oxygen atoms in total. The van der Waals surface area contributed by atoms with Crippen LogP contribution in [0.4, 0.5) is 0 Å². The summed E-state index contributed by atoms with van der Waals surface area (Å²) in [6.45, 7) is 4.12. The molecule has 1 fully saturated rings. The number of carboxylic acids is 1. The maximum Gasteiger partial charge on any atom is 0.317 e. The maximum absolute atomic E-state index is 10.7. The zero-order chi connectivity index (χ0) is 13.7. The molecule has 0 aliphatic carbocycles. The highest BCUT2D eigenvalue weighted by Gasteiger charge is 2.14. The molecule has 104 valence electrons. The van der Waals surface area contributed by atoms with Gasteiger partial charge in [0.2, 0.25) is 0 Å². The fourth-order valence-corrected chi connectivity index (χ4v) is 2.63. The standard InChI is InChI=1S/C15H22N2O2/c1-16(12-15(18)19)10-13-6-2-3-7-14(13)11-17-8-4-5-9-17/h2-3,6-7H,4-5,8-12H2,1H3,(H,18,19). The second kappa shape index (κ2) is 6.68. The van der Waals surface area contributed by atoms with Gasteiger partial charge in [0.05, 0.1) is 6.54 Å². The van der Waals surface area contributed by atoms with Gasteiger partial charge in [0.1, 0.15) is 0 Å². The van der Waals surface area contributed by atoms with Gasteiger partial charge in [0, 0.05) is 13.1 Å². The summed E-state index contributed by atoms with van der Waals surface area (Å²) >= 11 is 0. The van der Waals surface area contributed by atoms with E-state index < -0.39 is 5.97 Å². The summed E-state index contributed by atoms with van der Waals surface area (Å²) < 4.78 is 0. The van der Waals surface area contributed by atoms with Crippen LogP contribution in [0.1, 0.15) is 24.0 Å². The van der Waals surface area contributed by atoms with Gasteiger partial charge in [-0.1, -0.05) is 24.3 Å². The monoisotopic (exact) mass is 262 g/mol.